The van der Waals surface area contributed by atoms with Crippen LogP contribution < -0.4 is 21.7 Å². The molecular formula is C25H29N5O7. The normalized spacial score (nSPS) is 13.4. The molecule has 0 fully saturated rings. The number of phenols is 1. The van der Waals surface area contributed by atoms with Gasteiger partial charge < -0.3 is 42.0 Å². The number of nitrogens with one attached hydrogen (secondary N) is 4. The van der Waals surface area contributed by atoms with Gasteiger partial charge in [-0.3, -0.25) is 14.4 Å². The third-order valence-electron chi connectivity index (χ3n) is 5.74. The van der Waals surface area contributed by atoms with E-state index in [-0.39, 0.29) is 25.1 Å². The Morgan fingerprint density at radius 2 is 1.51 bits per heavy atom. The van der Waals surface area contributed by atoms with Crippen molar-refractivity contribution in [2.45, 2.75) is 31.0 Å². The SMILES string of the molecule is NCC(=O)NC(Cc1ccc(O)cc1)C(=O)NC(CO)C(=O)NC(Cc1c[nH]c2ccccc12)C(=O)O. The zero-order chi connectivity index (χ0) is 26.9. The number of carbonyl (C=O) groups is 4. The lowest BCUT2D eigenvalue weighted by Gasteiger charge is -2.23. The van der Waals surface area contributed by atoms with Crippen LogP contribution in [0.4, 0.5) is 0 Å². The van der Waals surface area contributed by atoms with Crippen LogP contribution in [-0.2, 0) is 32.0 Å². The van der Waals surface area contributed by atoms with Crippen molar-refractivity contribution in [3.05, 3.63) is 65.9 Å². The molecule has 12 heteroatoms. The average molecular weight is 512 g/mol. The quantitative estimate of drug-likeness (QED) is 0.153. The largest absolute Gasteiger partial charge is 0.508 e. The van der Waals surface area contributed by atoms with Crippen molar-refractivity contribution < 1.29 is 34.5 Å². The van der Waals surface area contributed by atoms with Gasteiger partial charge in [0, 0.05) is 29.9 Å². The summed E-state index contributed by atoms with van der Waals surface area (Å²) in [6, 6.07) is 9.29. The van der Waals surface area contributed by atoms with E-state index in [2.05, 4.69) is 20.9 Å². The van der Waals surface area contributed by atoms with Crippen molar-refractivity contribution in [3.63, 3.8) is 0 Å². The molecule has 196 valence electrons. The Balaban J connectivity index is 1.70. The van der Waals surface area contributed by atoms with E-state index >= 15 is 0 Å². The van der Waals surface area contributed by atoms with Crippen molar-refractivity contribution in [1.29, 1.82) is 0 Å². The van der Waals surface area contributed by atoms with Gasteiger partial charge in [-0.2, -0.15) is 0 Å². The van der Waals surface area contributed by atoms with E-state index in [1.54, 1.807) is 18.3 Å². The lowest BCUT2D eigenvalue weighted by Crippen LogP contribution is -2.58. The first kappa shape index (κ1) is 27.2. The van der Waals surface area contributed by atoms with Gasteiger partial charge in [-0.15, -0.1) is 0 Å². The number of aliphatic hydroxyl groups is 1. The molecule has 0 aliphatic heterocycles. The number of benzene rings is 2. The Kier molecular flexibility index (Phi) is 9.19. The summed E-state index contributed by atoms with van der Waals surface area (Å²) in [4.78, 5) is 52.5. The standard InChI is InChI=1S/C25H29N5O7/c26-11-22(33)28-19(9-14-5-7-16(32)8-6-14)23(34)30-21(13-31)24(35)29-20(25(36)37)10-15-12-27-18-4-2-1-3-17(15)18/h1-8,12,19-21,27,31-32H,9-11,13,26H2,(H,28,33)(H,29,35)(H,30,34)(H,36,37). The third-order valence-corrected chi connectivity index (χ3v) is 5.74. The third kappa shape index (κ3) is 7.29. The number of rotatable bonds is 12. The van der Waals surface area contributed by atoms with E-state index in [4.69, 9.17) is 5.73 Å². The van der Waals surface area contributed by atoms with Gasteiger partial charge in [-0.1, -0.05) is 30.3 Å². The monoisotopic (exact) mass is 511 g/mol. The van der Waals surface area contributed by atoms with E-state index in [0.29, 0.717) is 11.1 Å². The number of nitrogens with two attached hydrogens (primary N) is 1. The minimum Gasteiger partial charge on any atom is -0.508 e. The fourth-order valence-corrected chi connectivity index (χ4v) is 3.79. The number of aromatic nitrogens is 1. The van der Waals surface area contributed by atoms with E-state index in [9.17, 15) is 34.5 Å². The number of carboxylic acid groups (broad SMARTS) is 1. The number of hydrogen-bond donors (Lipinski definition) is 8. The lowest BCUT2D eigenvalue weighted by atomic mass is 10.0. The number of aromatic hydroxyl groups is 1. The first-order chi connectivity index (χ1) is 17.7. The number of carbonyl (C=O) groups excluding carboxylic acids is 3. The van der Waals surface area contributed by atoms with Crippen LogP contribution in [0.5, 0.6) is 5.75 Å². The fourth-order valence-electron chi connectivity index (χ4n) is 3.79. The summed E-state index contributed by atoms with van der Waals surface area (Å²) in [6.45, 7) is -1.19. The predicted molar refractivity (Wildman–Crippen MR) is 133 cm³/mol. The Hall–Kier alpha value is -4.42. The number of aliphatic carboxylic acids is 1. The van der Waals surface area contributed by atoms with Gasteiger partial charge in [0.25, 0.3) is 0 Å². The molecule has 1 heterocycles. The van der Waals surface area contributed by atoms with Crippen molar-refractivity contribution >= 4 is 34.6 Å². The van der Waals surface area contributed by atoms with Crippen LogP contribution in [0.3, 0.4) is 0 Å². The summed E-state index contributed by atoms with van der Waals surface area (Å²) in [5, 5.41) is 36.9. The summed E-state index contributed by atoms with van der Waals surface area (Å²) >= 11 is 0. The van der Waals surface area contributed by atoms with Crippen molar-refractivity contribution in [2.24, 2.45) is 5.73 Å². The van der Waals surface area contributed by atoms with E-state index in [1.807, 2.05) is 24.3 Å². The molecular weight excluding hydrogens is 482 g/mol. The highest BCUT2D eigenvalue weighted by Gasteiger charge is 2.29. The van der Waals surface area contributed by atoms with Crippen molar-refractivity contribution in [2.75, 3.05) is 13.2 Å². The van der Waals surface area contributed by atoms with Crippen molar-refractivity contribution in [3.8, 4) is 5.75 Å². The number of phenolic OH excluding ortho intramolecular Hbond substituents is 1. The van der Waals surface area contributed by atoms with Gasteiger partial charge in [-0.25, -0.2) is 4.79 Å². The number of H-pyrrole nitrogens is 1. The lowest BCUT2D eigenvalue weighted by molar-refractivity contribution is -0.142. The van der Waals surface area contributed by atoms with Crippen LogP contribution in [0.25, 0.3) is 10.9 Å². The molecule has 3 amide bonds. The van der Waals surface area contributed by atoms with Gasteiger partial charge in [0.15, 0.2) is 0 Å². The molecule has 0 saturated heterocycles. The maximum Gasteiger partial charge on any atom is 0.326 e. The number of para-hydroxylation sites is 1. The molecule has 3 rings (SSSR count). The molecule has 0 aliphatic rings. The van der Waals surface area contributed by atoms with Crippen LogP contribution >= 0.6 is 0 Å². The van der Waals surface area contributed by atoms with E-state index in [1.165, 1.54) is 12.1 Å². The average Bonchev–Trinajstić information content (AvgIpc) is 3.30. The Morgan fingerprint density at radius 1 is 0.865 bits per heavy atom. The summed E-state index contributed by atoms with van der Waals surface area (Å²) in [5.74, 6) is -3.58. The molecule has 37 heavy (non-hydrogen) atoms. The number of carboxylic acids is 1. The van der Waals surface area contributed by atoms with Crippen LogP contribution in [-0.4, -0.2) is 75.3 Å². The molecule has 0 spiro atoms. The predicted octanol–water partition coefficient (Wildman–Crippen LogP) is -0.851. The summed E-state index contributed by atoms with van der Waals surface area (Å²) in [5.41, 5.74) is 7.43. The number of aliphatic hydroxyl groups excluding tert-OH is 1. The number of amides is 3. The van der Waals surface area contributed by atoms with Gasteiger partial charge in [0.2, 0.25) is 17.7 Å². The fraction of sp³-hybridized carbons (Fsp3) is 0.280. The van der Waals surface area contributed by atoms with Gasteiger partial charge >= 0.3 is 5.97 Å². The zero-order valence-corrected chi connectivity index (χ0v) is 19.8. The molecule has 0 radical (unpaired) electrons. The minimum atomic E-state index is -1.48. The van der Waals surface area contributed by atoms with E-state index in [0.717, 1.165) is 10.9 Å². The van der Waals surface area contributed by atoms with Crippen LogP contribution in [0.1, 0.15) is 11.1 Å². The molecule has 0 bridgehead atoms. The first-order valence-corrected chi connectivity index (χ1v) is 11.5. The maximum atomic E-state index is 12.9. The van der Waals surface area contributed by atoms with Crippen molar-refractivity contribution in [1.82, 2.24) is 20.9 Å². The smallest absolute Gasteiger partial charge is 0.326 e. The highest BCUT2D eigenvalue weighted by Crippen LogP contribution is 2.19. The molecule has 0 aliphatic carbocycles. The van der Waals surface area contributed by atoms with Gasteiger partial charge in [0.1, 0.15) is 23.9 Å². The summed E-state index contributed by atoms with van der Waals surface area (Å²) < 4.78 is 0. The summed E-state index contributed by atoms with van der Waals surface area (Å²) in [6.07, 6.45) is 1.63. The van der Waals surface area contributed by atoms with Gasteiger partial charge in [-0.05, 0) is 29.3 Å². The molecule has 3 atom stereocenters. The molecule has 12 nitrogen and oxygen atoms in total. The zero-order valence-electron chi connectivity index (χ0n) is 19.8. The number of hydrogen-bond acceptors (Lipinski definition) is 7. The molecule has 3 aromatic rings. The second-order valence-corrected chi connectivity index (χ2v) is 8.40. The molecule has 3 unspecified atom stereocenters. The molecule has 9 N–H and O–H groups in total. The van der Waals surface area contributed by atoms with Crippen LogP contribution in [0, 0.1) is 0 Å². The highest BCUT2D eigenvalue weighted by molar-refractivity contribution is 5.94. The van der Waals surface area contributed by atoms with Gasteiger partial charge in [0.05, 0.1) is 13.2 Å². The maximum absolute atomic E-state index is 12.9. The second-order valence-electron chi connectivity index (χ2n) is 8.40. The first-order valence-electron chi connectivity index (χ1n) is 11.5. The number of aromatic amines is 1. The Labute approximate surface area is 211 Å². The van der Waals surface area contributed by atoms with Crippen LogP contribution in [0.15, 0.2) is 54.7 Å². The van der Waals surface area contributed by atoms with Crippen LogP contribution in [0.2, 0.25) is 0 Å². The van der Waals surface area contributed by atoms with E-state index < -0.39 is 48.4 Å². The molecule has 2 aromatic carbocycles. The molecule has 1 aromatic heterocycles. The summed E-state index contributed by atoms with van der Waals surface area (Å²) in [7, 11) is 0. The highest BCUT2D eigenvalue weighted by atomic mass is 16.4. The second kappa shape index (κ2) is 12.5. The molecule has 0 saturated carbocycles. The number of fused-ring (bicyclic) bond motifs is 1. The topological polar surface area (TPSA) is 207 Å². The Morgan fingerprint density at radius 3 is 2.16 bits per heavy atom. The minimum absolute atomic E-state index is 0.00986. The Bertz CT molecular complexity index is 1260.